The van der Waals surface area contributed by atoms with Crippen LogP contribution in [0.5, 0.6) is 0 Å². The number of carbonyl (C=O) groups is 1. The first-order chi connectivity index (χ1) is 11.1. The van der Waals surface area contributed by atoms with Gasteiger partial charge in [0.25, 0.3) is 0 Å². The van der Waals surface area contributed by atoms with Crippen LogP contribution in [0.15, 0.2) is 41.8 Å². The minimum Gasteiger partial charge on any atom is -0.326 e. The Morgan fingerprint density at radius 1 is 1.39 bits per heavy atom. The van der Waals surface area contributed by atoms with Gasteiger partial charge in [-0.3, -0.25) is 14.5 Å². The van der Waals surface area contributed by atoms with Crippen LogP contribution in [0.25, 0.3) is 10.7 Å². The fourth-order valence-electron chi connectivity index (χ4n) is 2.12. The highest BCUT2D eigenvalue weighted by Crippen LogP contribution is 2.23. The van der Waals surface area contributed by atoms with E-state index in [9.17, 15) is 9.18 Å². The first-order valence-corrected chi connectivity index (χ1v) is 8.17. The molecule has 23 heavy (non-hydrogen) atoms. The van der Waals surface area contributed by atoms with Crippen molar-refractivity contribution in [2.45, 2.75) is 13.0 Å². The second kappa shape index (κ2) is 6.84. The quantitative estimate of drug-likeness (QED) is 0.689. The Morgan fingerprint density at radius 2 is 2.26 bits per heavy atom. The third-order valence-electron chi connectivity index (χ3n) is 3.17. The Labute approximate surface area is 140 Å². The third kappa shape index (κ3) is 3.72. The molecule has 0 radical (unpaired) electrons. The summed E-state index contributed by atoms with van der Waals surface area (Å²) in [5.74, 6) is 0.110. The van der Waals surface area contributed by atoms with E-state index in [0.717, 1.165) is 4.88 Å². The molecule has 0 unspecified atom stereocenters. The maximum atomic E-state index is 13.1. The highest BCUT2D eigenvalue weighted by molar-refractivity contribution is 7.71. The van der Waals surface area contributed by atoms with Crippen molar-refractivity contribution in [1.29, 1.82) is 0 Å². The van der Waals surface area contributed by atoms with Gasteiger partial charge in [-0.05, 0) is 41.9 Å². The van der Waals surface area contributed by atoms with Crippen LogP contribution >= 0.6 is 23.6 Å². The van der Waals surface area contributed by atoms with Crippen molar-refractivity contribution < 1.29 is 9.18 Å². The Hall–Kier alpha value is -2.32. The van der Waals surface area contributed by atoms with Crippen molar-refractivity contribution in [3.63, 3.8) is 0 Å². The summed E-state index contributed by atoms with van der Waals surface area (Å²) in [5, 5.41) is 11.6. The molecule has 3 rings (SSSR count). The Bertz CT molecular complexity index is 870. The molecule has 2 heterocycles. The average Bonchev–Trinajstić information content (AvgIpc) is 3.14. The Kier molecular flexibility index (Phi) is 4.63. The van der Waals surface area contributed by atoms with E-state index in [0.29, 0.717) is 22.8 Å². The molecule has 5 nitrogen and oxygen atoms in total. The van der Waals surface area contributed by atoms with Gasteiger partial charge in [-0.25, -0.2) is 4.39 Å². The minimum atomic E-state index is -0.389. The molecule has 0 saturated carbocycles. The Balaban J connectivity index is 1.68. The molecular weight excluding hydrogens is 335 g/mol. The predicted octanol–water partition coefficient (Wildman–Crippen LogP) is 3.84. The number of hydrogen-bond donors (Lipinski definition) is 2. The normalized spacial score (nSPS) is 10.7. The summed E-state index contributed by atoms with van der Waals surface area (Å²) in [4.78, 5) is 13.0. The summed E-state index contributed by atoms with van der Waals surface area (Å²) >= 11 is 6.76. The molecular formula is C15H13FN4OS2. The number of benzene rings is 1. The average molecular weight is 348 g/mol. The van der Waals surface area contributed by atoms with E-state index in [1.807, 2.05) is 17.5 Å². The molecule has 0 aliphatic rings. The summed E-state index contributed by atoms with van der Waals surface area (Å²) in [5.41, 5.74) is 0.435. The largest absolute Gasteiger partial charge is 0.326 e. The highest BCUT2D eigenvalue weighted by atomic mass is 32.1. The van der Waals surface area contributed by atoms with Gasteiger partial charge in [-0.15, -0.1) is 11.3 Å². The topological polar surface area (TPSA) is 62.7 Å². The fourth-order valence-corrected chi connectivity index (χ4v) is 3.07. The number of nitrogens with zero attached hydrogens (tertiary/aromatic N) is 2. The lowest BCUT2D eigenvalue weighted by Gasteiger charge is -2.07. The molecule has 118 valence electrons. The summed E-state index contributed by atoms with van der Waals surface area (Å²) in [6.45, 7) is 0.393. The summed E-state index contributed by atoms with van der Waals surface area (Å²) in [7, 11) is 0. The number of anilines is 1. The maximum Gasteiger partial charge on any atom is 0.226 e. The van der Waals surface area contributed by atoms with Crippen LogP contribution in [0.4, 0.5) is 10.1 Å². The molecule has 0 bridgehead atoms. The number of nitrogens with one attached hydrogen (secondary N) is 2. The number of amides is 1. The smallest absolute Gasteiger partial charge is 0.226 e. The number of rotatable bonds is 5. The molecule has 0 saturated heterocycles. The van der Waals surface area contributed by atoms with Crippen molar-refractivity contribution in [3.05, 3.63) is 52.4 Å². The molecule has 8 heteroatoms. The summed E-state index contributed by atoms with van der Waals surface area (Å²) < 4.78 is 15.4. The SMILES string of the molecule is O=C(CCn1c(-c2cccs2)n[nH]c1=S)Nc1cccc(F)c1. The number of carbonyl (C=O) groups excluding carboxylic acids is 1. The molecule has 2 aromatic heterocycles. The first-order valence-electron chi connectivity index (χ1n) is 6.88. The molecule has 0 spiro atoms. The lowest BCUT2D eigenvalue weighted by atomic mass is 10.3. The second-order valence-electron chi connectivity index (χ2n) is 4.79. The zero-order valence-corrected chi connectivity index (χ0v) is 13.6. The lowest BCUT2D eigenvalue weighted by Crippen LogP contribution is -2.15. The van der Waals surface area contributed by atoms with Crippen molar-refractivity contribution in [2.24, 2.45) is 0 Å². The van der Waals surface area contributed by atoms with E-state index in [4.69, 9.17) is 12.2 Å². The number of halogens is 1. The van der Waals surface area contributed by atoms with Gasteiger partial charge >= 0.3 is 0 Å². The number of aromatic amines is 1. The zero-order chi connectivity index (χ0) is 16.2. The van der Waals surface area contributed by atoms with Crippen molar-refractivity contribution in [1.82, 2.24) is 14.8 Å². The number of thiophene rings is 1. The monoisotopic (exact) mass is 348 g/mol. The molecule has 0 fully saturated rings. The molecule has 2 N–H and O–H groups in total. The second-order valence-corrected chi connectivity index (χ2v) is 6.12. The van der Waals surface area contributed by atoms with E-state index in [2.05, 4.69) is 15.5 Å². The van der Waals surface area contributed by atoms with Crippen LogP contribution in [0.1, 0.15) is 6.42 Å². The number of H-pyrrole nitrogens is 1. The minimum absolute atomic E-state index is 0.211. The summed E-state index contributed by atoms with van der Waals surface area (Å²) in [6.07, 6.45) is 0.211. The van der Waals surface area contributed by atoms with Crippen LogP contribution in [0.2, 0.25) is 0 Å². The first kappa shape index (κ1) is 15.6. The molecule has 1 aromatic carbocycles. The van der Waals surface area contributed by atoms with Gasteiger partial charge in [0.05, 0.1) is 4.88 Å². The van der Waals surface area contributed by atoms with E-state index in [1.54, 1.807) is 28.0 Å². The molecule has 0 aliphatic carbocycles. The van der Waals surface area contributed by atoms with Crippen LogP contribution in [-0.2, 0) is 11.3 Å². The third-order valence-corrected chi connectivity index (χ3v) is 4.35. The van der Waals surface area contributed by atoms with Gasteiger partial charge < -0.3 is 5.32 Å². The van der Waals surface area contributed by atoms with Gasteiger partial charge in [-0.1, -0.05) is 12.1 Å². The summed E-state index contributed by atoms with van der Waals surface area (Å²) in [6, 6.07) is 9.66. The fraction of sp³-hybridized carbons (Fsp3) is 0.133. The highest BCUT2D eigenvalue weighted by Gasteiger charge is 2.11. The van der Waals surface area contributed by atoms with Gasteiger partial charge in [0.1, 0.15) is 5.82 Å². The van der Waals surface area contributed by atoms with E-state index < -0.39 is 0 Å². The van der Waals surface area contributed by atoms with Crippen molar-refractivity contribution in [2.75, 3.05) is 5.32 Å². The lowest BCUT2D eigenvalue weighted by molar-refractivity contribution is -0.116. The van der Waals surface area contributed by atoms with Crippen molar-refractivity contribution in [3.8, 4) is 10.7 Å². The predicted molar refractivity (Wildman–Crippen MR) is 90.4 cm³/mol. The maximum absolute atomic E-state index is 13.1. The molecule has 1 amide bonds. The molecule has 3 aromatic rings. The molecule has 0 aliphatic heterocycles. The van der Waals surface area contributed by atoms with Crippen LogP contribution in [-0.4, -0.2) is 20.7 Å². The van der Waals surface area contributed by atoms with Gasteiger partial charge in [0.15, 0.2) is 10.6 Å². The standard InChI is InChI=1S/C15H13FN4OS2/c16-10-3-1-4-11(9-10)17-13(21)6-7-20-14(18-19-15(20)22)12-5-2-8-23-12/h1-5,8-9H,6-7H2,(H,17,21)(H,19,22). The Morgan fingerprint density at radius 3 is 3.00 bits per heavy atom. The van der Waals surface area contributed by atoms with E-state index in [-0.39, 0.29) is 18.1 Å². The van der Waals surface area contributed by atoms with Gasteiger partial charge in [0, 0.05) is 18.7 Å². The van der Waals surface area contributed by atoms with Gasteiger partial charge in [0.2, 0.25) is 5.91 Å². The van der Waals surface area contributed by atoms with Crippen molar-refractivity contribution >= 4 is 35.1 Å². The van der Waals surface area contributed by atoms with Gasteiger partial charge in [-0.2, -0.15) is 5.10 Å². The number of aromatic nitrogens is 3. The molecule has 0 atom stereocenters. The number of hydrogen-bond acceptors (Lipinski definition) is 4. The van der Waals surface area contributed by atoms with Crippen LogP contribution in [0, 0.1) is 10.6 Å². The van der Waals surface area contributed by atoms with E-state index >= 15 is 0 Å². The van der Waals surface area contributed by atoms with E-state index in [1.165, 1.54) is 12.1 Å². The zero-order valence-electron chi connectivity index (χ0n) is 12.0. The van der Waals surface area contributed by atoms with Crippen LogP contribution in [0.3, 0.4) is 0 Å². The van der Waals surface area contributed by atoms with Crippen LogP contribution < -0.4 is 5.32 Å².